The van der Waals surface area contributed by atoms with Gasteiger partial charge in [-0.15, -0.1) is 0 Å². The van der Waals surface area contributed by atoms with Gasteiger partial charge in [-0.25, -0.2) is 0 Å². The van der Waals surface area contributed by atoms with Crippen molar-refractivity contribution in [1.82, 2.24) is 5.43 Å². The lowest BCUT2D eigenvalue weighted by atomic mass is 10.1. The van der Waals surface area contributed by atoms with Crippen LogP contribution in [0, 0.1) is 13.8 Å². The molecule has 0 bridgehead atoms. The maximum absolute atomic E-state index is 5.88. The van der Waals surface area contributed by atoms with E-state index in [-0.39, 0.29) is 0 Å². The van der Waals surface area contributed by atoms with Gasteiger partial charge in [-0.2, -0.15) is 5.10 Å². The highest BCUT2D eigenvalue weighted by Gasteiger charge is 2.04. The molecule has 2 aromatic rings. The van der Waals surface area contributed by atoms with Crippen molar-refractivity contribution in [3.8, 4) is 0 Å². The van der Waals surface area contributed by atoms with Gasteiger partial charge in [-0.3, -0.25) is 5.43 Å². The lowest BCUT2D eigenvalue weighted by molar-refractivity contribution is 1.04. The molecule has 0 aromatic heterocycles. The van der Waals surface area contributed by atoms with Gasteiger partial charge in [0.25, 0.3) is 0 Å². The van der Waals surface area contributed by atoms with Crippen molar-refractivity contribution in [1.29, 1.82) is 0 Å². The van der Waals surface area contributed by atoms with Gasteiger partial charge < -0.3 is 5.32 Å². The molecule has 0 aliphatic rings. The third-order valence-corrected chi connectivity index (χ3v) is 3.75. The van der Waals surface area contributed by atoms with Crippen molar-refractivity contribution in [2.24, 2.45) is 5.10 Å². The van der Waals surface area contributed by atoms with Crippen LogP contribution in [0.1, 0.15) is 23.6 Å². The first-order chi connectivity index (χ1) is 10.5. The largest absolute Gasteiger partial charge is 0.331 e. The van der Waals surface area contributed by atoms with E-state index in [9.17, 15) is 0 Å². The Labute approximate surface area is 141 Å². The molecule has 2 aromatic carbocycles. The summed E-state index contributed by atoms with van der Waals surface area (Å²) in [6.45, 7) is 6.00. The minimum atomic E-state index is 0.464. The maximum Gasteiger partial charge on any atom is 0.191 e. The Kier molecular flexibility index (Phi) is 5.52. The van der Waals surface area contributed by atoms with E-state index in [1.165, 1.54) is 0 Å². The summed E-state index contributed by atoms with van der Waals surface area (Å²) in [5, 5.41) is 8.65. The highest BCUT2D eigenvalue weighted by Crippen LogP contribution is 2.19. The van der Waals surface area contributed by atoms with E-state index < -0.39 is 0 Å². The SMILES string of the molecule is C/C(=N/NC(=S)Nc1c(C)cccc1C)c1ccc(Cl)cc1. The molecule has 0 saturated carbocycles. The quantitative estimate of drug-likeness (QED) is 0.487. The van der Waals surface area contributed by atoms with Crippen LogP contribution in [-0.4, -0.2) is 10.8 Å². The van der Waals surface area contributed by atoms with Crippen LogP contribution in [0.3, 0.4) is 0 Å². The average molecular weight is 332 g/mol. The van der Waals surface area contributed by atoms with Crippen molar-refractivity contribution < 1.29 is 0 Å². The zero-order valence-electron chi connectivity index (χ0n) is 12.8. The summed E-state index contributed by atoms with van der Waals surface area (Å²) < 4.78 is 0. The zero-order valence-corrected chi connectivity index (χ0v) is 14.3. The van der Waals surface area contributed by atoms with Crippen LogP contribution in [0.4, 0.5) is 5.69 Å². The molecule has 0 unspecified atom stereocenters. The van der Waals surface area contributed by atoms with Gasteiger partial charge in [-0.05, 0) is 61.8 Å². The Morgan fingerprint density at radius 3 is 2.23 bits per heavy atom. The summed E-state index contributed by atoms with van der Waals surface area (Å²) in [5.41, 5.74) is 8.00. The Bertz CT molecular complexity index is 688. The molecule has 2 N–H and O–H groups in total. The number of nitrogens with one attached hydrogen (secondary N) is 2. The number of hydrogen-bond acceptors (Lipinski definition) is 2. The Hall–Kier alpha value is -1.91. The Morgan fingerprint density at radius 2 is 1.64 bits per heavy atom. The lowest BCUT2D eigenvalue weighted by Gasteiger charge is -2.13. The average Bonchev–Trinajstić information content (AvgIpc) is 2.49. The van der Waals surface area contributed by atoms with Crippen LogP contribution in [0.2, 0.25) is 5.02 Å². The molecule has 114 valence electrons. The molecular weight excluding hydrogens is 314 g/mol. The normalized spacial score (nSPS) is 11.2. The molecule has 0 aliphatic heterocycles. The first kappa shape index (κ1) is 16.5. The third kappa shape index (κ3) is 4.29. The van der Waals surface area contributed by atoms with E-state index in [1.807, 2.05) is 63.2 Å². The number of benzene rings is 2. The van der Waals surface area contributed by atoms with Gasteiger partial charge >= 0.3 is 0 Å². The first-order valence-electron chi connectivity index (χ1n) is 6.91. The van der Waals surface area contributed by atoms with E-state index >= 15 is 0 Å². The second-order valence-corrected chi connectivity index (χ2v) is 5.88. The van der Waals surface area contributed by atoms with E-state index in [0.717, 1.165) is 28.1 Å². The topological polar surface area (TPSA) is 36.4 Å². The van der Waals surface area contributed by atoms with Crippen LogP contribution in [0.25, 0.3) is 0 Å². The van der Waals surface area contributed by atoms with Crippen molar-refractivity contribution in [3.05, 3.63) is 64.2 Å². The second-order valence-electron chi connectivity index (χ2n) is 5.04. The molecule has 0 heterocycles. The molecule has 0 fully saturated rings. The monoisotopic (exact) mass is 331 g/mol. The molecule has 0 atom stereocenters. The molecule has 0 radical (unpaired) electrons. The molecule has 2 rings (SSSR count). The molecule has 22 heavy (non-hydrogen) atoms. The summed E-state index contributed by atoms with van der Waals surface area (Å²) in [6, 6.07) is 13.6. The van der Waals surface area contributed by atoms with Crippen LogP contribution in [0.5, 0.6) is 0 Å². The Balaban J connectivity index is 2.03. The van der Waals surface area contributed by atoms with E-state index in [1.54, 1.807) is 0 Å². The van der Waals surface area contributed by atoms with Gasteiger partial charge in [0.2, 0.25) is 0 Å². The fraction of sp³-hybridized carbons (Fsp3) is 0.176. The highest BCUT2D eigenvalue weighted by atomic mass is 35.5. The van der Waals surface area contributed by atoms with Gasteiger partial charge in [0.1, 0.15) is 0 Å². The number of nitrogens with zero attached hydrogens (tertiary/aromatic N) is 1. The van der Waals surface area contributed by atoms with Crippen molar-refractivity contribution >= 4 is 40.3 Å². The van der Waals surface area contributed by atoms with Crippen molar-refractivity contribution in [2.75, 3.05) is 5.32 Å². The second kappa shape index (κ2) is 7.38. The van der Waals surface area contributed by atoms with Gasteiger partial charge in [0.15, 0.2) is 5.11 Å². The van der Waals surface area contributed by atoms with Crippen molar-refractivity contribution in [3.63, 3.8) is 0 Å². The van der Waals surface area contributed by atoms with Crippen LogP contribution in [-0.2, 0) is 0 Å². The van der Waals surface area contributed by atoms with Crippen LogP contribution >= 0.6 is 23.8 Å². The molecule has 0 spiro atoms. The van der Waals surface area contributed by atoms with Crippen LogP contribution in [0.15, 0.2) is 47.6 Å². The summed E-state index contributed by atoms with van der Waals surface area (Å²) in [7, 11) is 0. The number of para-hydroxylation sites is 1. The number of aryl methyl sites for hydroxylation is 2. The summed E-state index contributed by atoms with van der Waals surface area (Å²) in [5.74, 6) is 0. The minimum absolute atomic E-state index is 0.464. The lowest BCUT2D eigenvalue weighted by Crippen LogP contribution is -2.25. The maximum atomic E-state index is 5.88. The van der Waals surface area contributed by atoms with E-state index in [4.69, 9.17) is 23.8 Å². The number of hydrogen-bond donors (Lipinski definition) is 2. The van der Waals surface area contributed by atoms with Gasteiger partial charge in [-0.1, -0.05) is 41.9 Å². The van der Waals surface area contributed by atoms with Crippen LogP contribution < -0.4 is 10.7 Å². The molecular formula is C17H18ClN3S. The number of hydrazone groups is 1. The van der Waals surface area contributed by atoms with Gasteiger partial charge in [0, 0.05) is 10.7 Å². The number of halogens is 1. The number of thiocarbonyl (C=S) groups is 1. The fourth-order valence-electron chi connectivity index (χ4n) is 2.04. The molecule has 5 heteroatoms. The zero-order chi connectivity index (χ0) is 16.1. The van der Waals surface area contributed by atoms with E-state index in [0.29, 0.717) is 10.1 Å². The predicted molar refractivity (Wildman–Crippen MR) is 98.9 cm³/mol. The summed E-state index contributed by atoms with van der Waals surface area (Å²) >= 11 is 11.2. The Morgan fingerprint density at radius 1 is 1.05 bits per heavy atom. The van der Waals surface area contributed by atoms with E-state index in [2.05, 4.69) is 15.8 Å². The predicted octanol–water partition coefficient (Wildman–Crippen LogP) is 4.67. The van der Waals surface area contributed by atoms with Gasteiger partial charge in [0.05, 0.1) is 5.71 Å². The molecule has 0 amide bonds. The smallest absolute Gasteiger partial charge is 0.191 e. The molecule has 0 aliphatic carbocycles. The summed E-state index contributed by atoms with van der Waals surface area (Å²) in [4.78, 5) is 0. The fourth-order valence-corrected chi connectivity index (χ4v) is 2.32. The van der Waals surface area contributed by atoms with Crippen molar-refractivity contribution in [2.45, 2.75) is 20.8 Å². The third-order valence-electron chi connectivity index (χ3n) is 3.31. The number of rotatable bonds is 3. The molecule has 0 saturated heterocycles. The number of anilines is 1. The first-order valence-corrected chi connectivity index (χ1v) is 7.69. The highest BCUT2D eigenvalue weighted by molar-refractivity contribution is 7.80. The minimum Gasteiger partial charge on any atom is -0.331 e. The molecule has 3 nitrogen and oxygen atoms in total. The standard InChI is InChI=1S/C17H18ClN3S/c1-11-5-4-6-12(2)16(11)19-17(22)21-20-13(3)14-7-9-15(18)10-8-14/h4-10H,1-3H3,(H2,19,21,22)/b20-13-. The summed E-state index contributed by atoms with van der Waals surface area (Å²) in [6.07, 6.45) is 0.